The van der Waals surface area contributed by atoms with E-state index in [1.807, 2.05) is 6.92 Å². The predicted octanol–water partition coefficient (Wildman–Crippen LogP) is 5.08. The highest BCUT2D eigenvalue weighted by Crippen LogP contribution is 2.29. The molecule has 0 atom stereocenters. The van der Waals surface area contributed by atoms with Gasteiger partial charge >= 0.3 is 5.97 Å². The van der Waals surface area contributed by atoms with Crippen molar-refractivity contribution in [3.63, 3.8) is 0 Å². The molecule has 1 aromatic heterocycles. The number of hydrogen-bond acceptors (Lipinski definition) is 4. The second-order valence-electron chi connectivity index (χ2n) is 6.38. The molecule has 0 fully saturated rings. The lowest BCUT2D eigenvalue weighted by molar-refractivity contribution is -0.143. The fourth-order valence-electron chi connectivity index (χ4n) is 2.76. The van der Waals surface area contributed by atoms with Crippen LogP contribution in [0.5, 0.6) is 0 Å². The van der Waals surface area contributed by atoms with Gasteiger partial charge < -0.3 is 14.3 Å². The summed E-state index contributed by atoms with van der Waals surface area (Å²) in [7, 11) is 0. The van der Waals surface area contributed by atoms with Gasteiger partial charge in [0.25, 0.3) is 0 Å². The number of carbonyl (C=O) groups is 1. The first-order valence-electron chi connectivity index (χ1n) is 8.31. The highest BCUT2D eigenvalue weighted by atomic mass is 16.5. The Morgan fingerprint density at radius 1 is 1.38 bits per heavy atom. The third kappa shape index (κ3) is 4.63. The average molecular weight is 330 g/mol. The molecule has 2 rings (SSSR count). The normalized spacial score (nSPS) is 15.5. The zero-order chi connectivity index (χ0) is 17.7. The van der Waals surface area contributed by atoms with Crippen LogP contribution >= 0.6 is 0 Å². The number of aliphatic hydroxyl groups is 1. The van der Waals surface area contributed by atoms with Gasteiger partial charge in [0.2, 0.25) is 0 Å². The molecule has 0 bridgehead atoms. The molecule has 4 nitrogen and oxygen atoms in total. The number of furan rings is 1. The third-order valence-corrected chi connectivity index (χ3v) is 4.52. The Labute approximate surface area is 143 Å². The molecule has 1 aliphatic carbocycles. The Kier molecular flexibility index (Phi) is 6.07. The Bertz CT molecular complexity index is 697. The highest BCUT2D eigenvalue weighted by Gasteiger charge is 2.17. The van der Waals surface area contributed by atoms with Crippen LogP contribution in [0.25, 0.3) is 0 Å². The van der Waals surface area contributed by atoms with Crippen LogP contribution in [0.2, 0.25) is 0 Å². The molecule has 0 spiro atoms. The van der Waals surface area contributed by atoms with E-state index in [0.717, 1.165) is 36.1 Å². The van der Waals surface area contributed by atoms with Crippen molar-refractivity contribution in [1.29, 1.82) is 0 Å². The Hall–Kier alpha value is -2.23. The summed E-state index contributed by atoms with van der Waals surface area (Å²) in [5, 5.41) is 9.10. The maximum atomic E-state index is 11.7. The minimum Gasteiger partial charge on any atom is -0.513 e. The molecule has 0 saturated carbocycles. The van der Waals surface area contributed by atoms with Crippen LogP contribution in [0, 0.1) is 6.92 Å². The summed E-state index contributed by atoms with van der Waals surface area (Å²) >= 11 is 0. The van der Waals surface area contributed by atoms with Gasteiger partial charge in [-0.25, -0.2) is 0 Å². The van der Waals surface area contributed by atoms with E-state index in [2.05, 4.69) is 19.9 Å². The molecule has 1 aromatic rings. The Morgan fingerprint density at radius 2 is 2.12 bits per heavy atom. The van der Waals surface area contributed by atoms with Crippen LogP contribution in [0.15, 0.2) is 45.3 Å². The fraction of sp³-hybridized carbons (Fsp3) is 0.450. The molecule has 130 valence electrons. The van der Waals surface area contributed by atoms with Gasteiger partial charge in [0.05, 0.1) is 18.4 Å². The van der Waals surface area contributed by atoms with Gasteiger partial charge in [-0.15, -0.1) is 0 Å². The molecule has 1 heterocycles. The molecule has 0 unspecified atom stereocenters. The molecule has 1 N–H and O–H groups in total. The standard InChI is InChI=1S/C20H26O4/c1-13-6-5-7-17(16(13)4)10-19-18(14(2)11-23-19)12-24-20(22)9-8-15(3)21/h7-8,11,21H,5-6,9-10,12H2,1-4H3. The first kappa shape index (κ1) is 18.1. The second kappa shape index (κ2) is 8.04. The van der Waals surface area contributed by atoms with Crippen molar-refractivity contribution in [2.75, 3.05) is 0 Å². The van der Waals surface area contributed by atoms with E-state index < -0.39 is 0 Å². The van der Waals surface area contributed by atoms with Gasteiger partial charge in [-0.1, -0.05) is 11.6 Å². The molecule has 0 amide bonds. The fourth-order valence-corrected chi connectivity index (χ4v) is 2.76. The number of esters is 1. The number of aryl methyl sites for hydroxylation is 1. The number of carbonyl (C=O) groups excluding carboxylic acids is 1. The molecule has 0 radical (unpaired) electrons. The molecule has 24 heavy (non-hydrogen) atoms. The van der Waals surface area contributed by atoms with Gasteiger partial charge in [-0.3, -0.25) is 4.79 Å². The van der Waals surface area contributed by atoms with E-state index >= 15 is 0 Å². The van der Waals surface area contributed by atoms with Gasteiger partial charge in [0.15, 0.2) is 0 Å². The molecule has 0 aromatic carbocycles. The quantitative estimate of drug-likeness (QED) is 0.583. The predicted molar refractivity (Wildman–Crippen MR) is 93.6 cm³/mol. The smallest absolute Gasteiger partial charge is 0.310 e. The Morgan fingerprint density at radius 3 is 2.83 bits per heavy atom. The Balaban J connectivity index is 2.05. The van der Waals surface area contributed by atoms with Crippen molar-refractivity contribution in [2.24, 2.45) is 0 Å². The zero-order valence-electron chi connectivity index (χ0n) is 14.9. The van der Waals surface area contributed by atoms with E-state index in [9.17, 15) is 4.79 Å². The lowest BCUT2D eigenvalue weighted by Crippen LogP contribution is -2.06. The summed E-state index contributed by atoms with van der Waals surface area (Å²) in [5.41, 5.74) is 5.97. The largest absolute Gasteiger partial charge is 0.513 e. The van der Waals surface area contributed by atoms with Crippen molar-refractivity contribution in [2.45, 2.75) is 60.0 Å². The molecule has 4 heteroatoms. The van der Waals surface area contributed by atoms with E-state index in [4.69, 9.17) is 14.3 Å². The van der Waals surface area contributed by atoms with Crippen molar-refractivity contribution in [1.82, 2.24) is 0 Å². The van der Waals surface area contributed by atoms with Gasteiger partial charge in [0.1, 0.15) is 12.4 Å². The van der Waals surface area contributed by atoms with Crippen LogP contribution in [-0.2, 0) is 22.6 Å². The monoisotopic (exact) mass is 330 g/mol. The maximum Gasteiger partial charge on any atom is 0.310 e. The molecule has 1 aliphatic rings. The van der Waals surface area contributed by atoms with Crippen molar-refractivity contribution in [3.05, 3.63) is 57.8 Å². The zero-order valence-corrected chi connectivity index (χ0v) is 14.9. The number of allylic oxidation sites excluding steroid dienone is 5. The van der Waals surface area contributed by atoms with Crippen LogP contribution in [0.3, 0.4) is 0 Å². The number of aliphatic hydroxyl groups excluding tert-OH is 1. The lowest BCUT2D eigenvalue weighted by Gasteiger charge is -2.17. The van der Waals surface area contributed by atoms with Gasteiger partial charge in [-0.2, -0.15) is 0 Å². The SMILES string of the molecule is CC(O)=CCC(=O)OCc1c(C)coc1CC1=CCCC(C)=C1C. The summed E-state index contributed by atoms with van der Waals surface area (Å²) in [6.07, 6.45) is 8.40. The second-order valence-corrected chi connectivity index (χ2v) is 6.38. The molecule has 0 aliphatic heterocycles. The van der Waals surface area contributed by atoms with E-state index in [1.165, 1.54) is 29.7 Å². The first-order valence-corrected chi connectivity index (χ1v) is 8.31. The third-order valence-electron chi connectivity index (χ3n) is 4.52. The molecular weight excluding hydrogens is 304 g/mol. The summed E-state index contributed by atoms with van der Waals surface area (Å²) in [6.45, 7) is 8.01. The minimum absolute atomic E-state index is 0.0702. The topological polar surface area (TPSA) is 59.7 Å². The van der Waals surface area contributed by atoms with E-state index in [1.54, 1.807) is 6.26 Å². The maximum absolute atomic E-state index is 11.7. The number of rotatable bonds is 6. The lowest BCUT2D eigenvalue weighted by atomic mass is 9.90. The van der Waals surface area contributed by atoms with Crippen LogP contribution in [0.1, 0.15) is 56.9 Å². The van der Waals surface area contributed by atoms with Crippen LogP contribution < -0.4 is 0 Å². The van der Waals surface area contributed by atoms with Crippen LogP contribution in [0.4, 0.5) is 0 Å². The minimum atomic E-state index is -0.362. The van der Waals surface area contributed by atoms with Gasteiger partial charge in [0, 0.05) is 12.0 Å². The van der Waals surface area contributed by atoms with Crippen molar-refractivity contribution in [3.8, 4) is 0 Å². The van der Waals surface area contributed by atoms with Crippen molar-refractivity contribution >= 4 is 5.97 Å². The summed E-state index contributed by atoms with van der Waals surface area (Å²) < 4.78 is 11.0. The summed E-state index contributed by atoms with van der Waals surface area (Å²) in [4.78, 5) is 11.7. The number of hydrogen-bond donors (Lipinski definition) is 1. The summed E-state index contributed by atoms with van der Waals surface area (Å²) in [6, 6.07) is 0. The van der Waals surface area contributed by atoms with Gasteiger partial charge in [-0.05, 0) is 63.3 Å². The van der Waals surface area contributed by atoms with E-state index in [0.29, 0.717) is 0 Å². The number of ether oxygens (including phenoxy) is 1. The van der Waals surface area contributed by atoms with Crippen LogP contribution in [-0.4, -0.2) is 11.1 Å². The average Bonchev–Trinajstić information content (AvgIpc) is 2.88. The highest BCUT2D eigenvalue weighted by molar-refractivity contribution is 5.71. The van der Waals surface area contributed by atoms with Crippen molar-refractivity contribution < 1.29 is 19.1 Å². The van der Waals surface area contributed by atoms with E-state index in [-0.39, 0.29) is 24.8 Å². The molecule has 0 saturated heterocycles. The molecular formula is C20H26O4. The summed E-state index contributed by atoms with van der Waals surface area (Å²) in [5.74, 6) is 0.613. The first-order chi connectivity index (χ1) is 11.4.